The van der Waals surface area contributed by atoms with E-state index in [1.165, 1.54) is 6.07 Å². The molecule has 2 aromatic carbocycles. The second-order valence-electron chi connectivity index (χ2n) is 7.47. The maximum absolute atomic E-state index is 14.0. The third-order valence-electron chi connectivity index (χ3n) is 5.67. The maximum atomic E-state index is 14.0. The lowest BCUT2D eigenvalue weighted by atomic mass is 9.66. The Hall–Kier alpha value is -1.92. The van der Waals surface area contributed by atoms with E-state index in [1.807, 2.05) is 24.3 Å². The predicted octanol–water partition coefficient (Wildman–Crippen LogP) is 4.54. The summed E-state index contributed by atoms with van der Waals surface area (Å²) in [5.74, 6) is -0.914. The molecule has 3 N–H and O–H groups in total. The highest BCUT2D eigenvalue weighted by Crippen LogP contribution is 2.44. The summed E-state index contributed by atoms with van der Waals surface area (Å²) in [5.41, 5.74) is 2.33. The van der Waals surface area contributed by atoms with Crippen LogP contribution >= 0.6 is 15.9 Å². The van der Waals surface area contributed by atoms with Crippen molar-refractivity contribution < 1.29 is 14.3 Å². The standard InChI is InChI=1S/C21H24BrFN2O2/c1-13(11-24-12-14-7-8-15(22)9-17(14)23)21(2)10-19(20(26)27)25-18-6-4-3-5-16(18)21/h3-9,13,19,24-25H,10-12H2,1-2H3,(H,26,27). The summed E-state index contributed by atoms with van der Waals surface area (Å²) in [7, 11) is 0. The number of nitrogens with one attached hydrogen (secondary N) is 2. The number of carbonyl (C=O) groups is 1. The summed E-state index contributed by atoms with van der Waals surface area (Å²) in [5, 5.41) is 16.0. The smallest absolute Gasteiger partial charge is 0.326 e. The van der Waals surface area contributed by atoms with Crippen molar-refractivity contribution in [2.24, 2.45) is 5.92 Å². The molecule has 3 unspecified atom stereocenters. The Balaban J connectivity index is 1.74. The van der Waals surface area contributed by atoms with Gasteiger partial charge >= 0.3 is 5.97 Å². The summed E-state index contributed by atoms with van der Waals surface area (Å²) < 4.78 is 14.7. The van der Waals surface area contributed by atoms with Crippen LogP contribution in [-0.4, -0.2) is 23.7 Å². The quantitative estimate of drug-likeness (QED) is 0.624. The van der Waals surface area contributed by atoms with Gasteiger partial charge in [-0.3, -0.25) is 0 Å². The minimum absolute atomic E-state index is 0.168. The van der Waals surface area contributed by atoms with Gasteiger partial charge in [-0.25, -0.2) is 9.18 Å². The maximum Gasteiger partial charge on any atom is 0.326 e. The van der Waals surface area contributed by atoms with E-state index in [0.717, 1.165) is 15.7 Å². The number of carboxylic acid groups (broad SMARTS) is 1. The molecule has 1 heterocycles. The number of hydrogen-bond donors (Lipinski definition) is 3. The van der Waals surface area contributed by atoms with Crippen molar-refractivity contribution in [3.8, 4) is 0 Å². The lowest BCUT2D eigenvalue weighted by molar-refractivity contribution is -0.138. The number of fused-ring (bicyclic) bond motifs is 1. The highest BCUT2D eigenvalue weighted by Gasteiger charge is 2.42. The summed E-state index contributed by atoms with van der Waals surface area (Å²) in [6, 6.07) is 12.3. The zero-order valence-electron chi connectivity index (χ0n) is 15.4. The minimum atomic E-state index is -0.840. The molecule has 144 valence electrons. The molecule has 6 heteroatoms. The number of benzene rings is 2. The van der Waals surface area contributed by atoms with Crippen LogP contribution in [0.25, 0.3) is 0 Å². The van der Waals surface area contributed by atoms with Crippen molar-refractivity contribution in [3.63, 3.8) is 0 Å². The van der Waals surface area contributed by atoms with Gasteiger partial charge in [0.05, 0.1) is 0 Å². The Morgan fingerprint density at radius 3 is 2.85 bits per heavy atom. The molecule has 0 fully saturated rings. The average molecular weight is 435 g/mol. The molecule has 0 saturated carbocycles. The summed E-state index contributed by atoms with van der Waals surface area (Å²) in [4.78, 5) is 11.6. The van der Waals surface area contributed by atoms with Gasteiger partial charge in [0.1, 0.15) is 11.9 Å². The van der Waals surface area contributed by atoms with Crippen LogP contribution in [-0.2, 0) is 16.8 Å². The van der Waals surface area contributed by atoms with Crippen LogP contribution in [0.1, 0.15) is 31.4 Å². The van der Waals surface area contributed by atoms with E-state index >= 15 is 0 Å². The molecular formula is C21H24BrFN2O2. The van der Waals surface area contributed by atoms with Gasteiger partial charge in [-0.05, 0) is 42.6 Å². The largest absolute Gasteiger partial charge is 0.480 e. The summed E-state index contributed by atoms with van der Waals surface area (Å²) >= 11 is 3.27. The number of anilines is 1. The van der Waals surface area contributed by atoms with Gasteiger partial charge in [0.15, 0.2) is 0 Å². The van der Waals surface area contributed by atoms with E-state index in [-0.39, 0.29) is 17.2 Å². The highest BCUT2D eigenvalue weighted by molar-refractivity contribution is 9.10. The molecule has 0 radical (unpaired) electrons. The molecule has 4 nitrogen and oxygen atoms in total. The SMILES string of the molecule is CC(CNCc1ccc(Br)cc1F)C1(C)CC(C(=O)O)Nc2ccccc21. The average Bonchev–Trinajstić information content (AvgIpc) is 2.63. The van der Waals surface area contributed by atoms with Gasteiger partial charge in [-0.1, -0.05) is 54.0 Å². The first-order valence-electron chi connectivity index (χ1n) is 9.05. The Morgan fingerprint density at radius 1 is 1.41 bits per heavy atom. The molecule has 1 aliphatic heterocycles. The van der Waals surface area contributed by atoms with Gasteiger partial charge in [0, 0.05) is 27.7 Å². The van der Waals surface area contributed by atoms with Gasteiger partial charge in [0.25, 0.3) is 0 Å². The molecule has 0 aromatic heterocycles. The highest BCUT2D eigenvalue weighted by atomic mass is 79.9. The van der Waals surface area contributed by atoms with Crippen molar-refractivity contribution in [1.82, 2.24) is 5.32 Å². The van der Waals surface area contributed by atoms with Crippen molar-refractivity contribution in [2.45, 2.75) is 38.3 Å². The third kappa shape index (κ3) is 4.17. The predicted molar refractivity (Wildman–Crippen MR) is 108 cm³/mol. The van der Waals surface area contributed by atoms with Gasteiger partial charge in [-0.15, -0.1) is 0 Å². The number of hydrogen-bond acceptors (Lipinski definition) is 3. The number of rotatable bonds is 6. The van der Waals surface area contributed by atoms with Crippen molar-refractivity contribution in [3.05, 3.63) is 63.9 Å². The second-order valence-corrected chi connectivity index (χ2v) is 8.39. The van der Waals surface area contributed by atoms with Crippen LogP contribution in [0.2, 0.25) is 0 Å². The van der Waals surface area contributed by atoms with Crippen LogP contribution in [0.4, 0.5) is 10.1 Å². The van der Waals surface area contributed by atoms with Crippen molar-refractivity contribution >= 4 is 27.6 Å². The molecule has 0 spiro atoms. The Kier molecular flexibility index (Phi) is 5.86. The van der Waals surface area contributed by atoms with Gasteiger partial charge in [-0.2, -0.15) is 0 Å². The molecule has 27 heavy (non-hydrogen) atoms. The van der Waals surface area contributed by atoms with E-state index in [9.17, 15) is 14.3 Å². The van der Waals surface area contributed by atoms with Crippen LogP contribution in [0.15, 0.2) is 46.9 Å². The fourth-order valence-corrected chi connectivity index (χ4v) is 4.14. The van der Waals surface area contributed by atoms with Gasteiger partial charge in [0.2, 0.25) is 0 Å². The molecule has 0 saturated heterocycles. The molecule has 3 rings (SSSR count). The van der Waals surface area contributed by atoms with Crippen molar-refractivity contribution in [1.29, 1.82) is 0 Å². The summed E-state index contributed by atoms with van der Waals surface area (Å²) in [6.45, 7) is 5.33. The minimum Gasteiger partial charge on any atom is -0.480 e. The lowest BCUT2D eigenvalue weighted by Gasteiger charge is -2.43. The van der Waals surface area contributed by atoms with Crippen LogP contribution in [0.3, 0.4) is 0 Å². The zero-order valence-corrected chi connectivity index (χ0v) is 17.0. The van der Waals surface area contributed by atoms with E-state index in [2.05, 4.69) is 46.5 Å². The zero-order chi connectivity index (χ0) is 19.6. The number of para-hydroxylation sites is 1. The first kappa shape index (κ1) is 19.8. The number of halogens is 2. The van der Waals surface area contributed by atoms with E-state index in [0.29, 0.717) is 25.1 Å². The van der Waals surface area contributed by atoms with Crippen LogP contribution in [0, 0.1) is 11.7 Å². The second kappa shape index (κ2) is 7.98. The molecule has 0 amide bonds. The van der Waals surface area contributed by atoms with E-state index in [1.54, 1.807) is 6.07 Å². The van der Waals surface area contributed by atoms with E-state index in [4.69, 9.17) is 0 Å². The molecule has 2 aromatic rings. The fraction of sp³-hybridized carbons (Fsp3) is 0.381. The molecule has 0 bridgehead atoms. The van der Waals surface area contributed by atoms with Crippen molar-refractivity contribution in [2.75, 3.05) is 11.9 Å². The molecule has 1 aliphatic rings. The normalized spacial score (nSPS) is 22.6. The topological polar surface area (TPSA) is 61.4 Å². The Morgan fingerprint density at radius 2 is 2.15 bits per heavy atom. The summed E-state index contributed by atoms with van der Waals surface area (Å²) in [6.07, 6.45) is 0.509. The molecular weight excluding hydrogens is 411 g/mol. The van der Waals surface area contributed by atoms with E-state index < -0.39 is 12.0 Å². The van der Waals surface area contributed by atoms with Gasteiger partial charge < -0.3 is 15.7 Å². The number of carboxylic acids is 1. The first-order valence-corrected chi connectivity index (χ1v) is 9.84. The monoisotopic (exact) mass is 434 g/mol. The third-order valence-corrected chi connectivity index (χ3v) is 6.16. The van der Waals surface area contributed by atoms with Crippen LogP contribution < -0.4 is 10.6 Å². The Labute approximate surface area is 167 Å². The first-order chi connectivity index (χ1) is 12.8. The molecule has 3 atom stereocenters. The van der Waals surface area contributed by atoms with Crippen LogP contribution in [0.5, 0.6) is 0 Å². The fourth-order valence-electron chi connectivity index (χ4n) is 3.81. The lowest BCUT2D eigenvalue weighted by Crippen LogP contribution is -2.47. The number of aliphatic carboxylic acids is 1. The Bertz CT molecular complexity index is 845. The molecule has 0 aliphatic carbocycles.